The van der Waals surface area contributed by atoms with Crippen LogP contribution in [0.5, 0.6) is 0 Å². The third kappa shape index (κ3) is 1.88. The molecular formula is C17H20. The van der Waals surface area contributed by atoms with Crippen molar-refractivity contribution in [2.45, 2.75) is 26.2 Å². The van der Waals surface area contributed by atoms with Crippen LogP contribution in [0.3, 0.4) is 0 Å². The van der Waals surface area contributed by atoms with Crippen molar-refractivity contribution in [3.8, 4) is 0 Å². The van der Waals surface area contributed by atoms with Crippen LogP contribution in [-0.2, 0) is 5.41 Å². The molecule has 17 heavy (non-hydrogen) atoms. The van der Waals surface area contributed by atoms with Gasteiger partial charge in [-0.3, -0.25) is 0 Å². The minimum absolute atomic E-state index is 0.0233. The number of benzene rings is 1. The van der Waals surface area contributed by atoms with Gasteiger partial charge >= 0.3 is 0 Å². The lowest BCUT2D eigenvalue weighted by Crippen LogP contribution is -2.38. The second-order valence-electron chi connectivity index (χ2n) is 5.07. The molecule has 88 valence electrons. The monoisotopic (exact) mass is 224 g/mol. The summed E-state index contributed by atoms with van der Waals surface area (Å²) < 4.78 is 0. The molecule has 0 nitrogen and oxygen atoms in total. The molecule has 0 aromatic heterocycles. The van der Waals surface area contributed by atoms with Gasteiger partial charge in [-0.2, -0.15) is 0 Å². The van der Waals surface area contributed by atoms with Crippen LogP contribution in [-0.4, -0.2) is 0 Å². The molecule has 1 aliphatic rings. The van der Waals surface area contributed by atoms with E-state index in [2.05, 4.69) is 87.6 Å². The lowest BCUT2D eigenvalue weighted by Gasteiger charge is -2.43. The Morgan fingerprint density at radius 2 is 1.59 bits per heavy atom. The highest BCUT2D eigenvalue weighted by molar-refractivity contribution is 5.42. The molecule has 2 unspecified atom stereocenters. The third-order valence-electron chi connectivity index (χ3n) is 3.99. The van der Waals surface area contributed by atoms with Gasteiger partial charge in [0.05, 0.1) is 0 Å². The van der Waals surface area contributed by atoms with E-state index in [1.807, 2.05) is 0 Å². The molecule has 0 heterocycles. The summed E-state index contributed by atoms with van der Waals surface area (Å²) >= 11 is 0. The lowest BCUT2D eigenvalue weighted by atomic mass is 9.60. The molecule has 2 atom stereocenters. The molecule has 0 N–H and O–H groups in total. The van der Waals surface area contributed by atoms with Crippen molar-refractivity contribution in [1.82, 2.24) is 0 Å². The van der Waals surface area contributed by atoms with E-state index in [0.29, 0.717) is 0 Å². The van der Waals surface area contributed by atoms with Crippen LogP contribution in [0.2, 0.25) is 0 Å². The fourth-order valence-electron chi connectivity index (χ4n) is 2.62. The van der Waals surface area contributed by atoms with Crippen LogP contribution >= 0.6 is 0 Å². The van der Waals surface area contributed by atoms with Crippen LogP contribution in [0.25, 0.3) is 0 Å². The Kier molecular flexibility index (Phi) is 3.06. The second-order valence-corrected chi connectivity index (χ2v) is 5.07. The summed E-state index contributed by atoms with van der Waals surface area (Å²) in [7, 11) is 0. The van der Waals surface area contributed by atoms with Gasteiger partial charge in [-0.25, -0.2) is 0 Å². The average molecular weight is 224 g/mol. The standard InChI is InChI=1S/C17H20/c1-4-12-16(2)13-8-9-14-17(16,3)15-10-6-5-7-11-15/h4-14H,1-3H3. The van der Waals surface area contributed by atoms with Gasteiger partial charge < -0.3 is 0 Å². The summed E-state index contributed by atoms with van der Waals surface area (Å²) in [4.78, 5) is 0. The molecular weight excluding hydrogens is 204 g/mol. The maximum Gasteiger partial charge on any atom is 0.0230 e. The molecule has 0 spiro atoms. The largest absolute Gasteiger partial charge is 0.0908 e. The molecule has 0 fully saturated rings. The SMILES string of the molecule is CC=CC1(C)C=CC=CC1(C)c1ccccc1. The van der Waals surface area contributed by atoms with Crippen LogP contribution in [0, 0.1) is 5.41 Å². The minimum Gasteiger partial charge on any atom is -0.0908 e. The predicted octanol–water partition coefficient (Wildman–Crippen LogP) is 4.65. The van der Waals surface area contributed by atoms with Gasteiger partial charge in [0.15, 0.2) is 0 Å². The zero-order valence-corrected chi connectivity index (χ0v) is 10.9. The van der Waals surface area contributed by atoms with E-state index in [1.54, 1.807) is 0 Å². The van der Waals surface area contributed by atoms with Crippen LogP contribution in [0.1, 0.15) is 26.3 Å². The van der Waals surface area contributed by atoms with E-state index in [4.69, 9.17) is 0 Å². The zero-order chi connectivity index (χ0) is 12.4. The smallest absolute Gasteiger partial charge is 0.0230 e. The summed E-state index contributed by atoms with van der Waals surface area (Å²) in [6, 6.07) is 10.7. The van der Waals surface area contributed by atoms with Gasteiger partial charge in [-0.05, 0) is 12.5 Å². The van der Waals surface area contributed by atoms with Gasteiger partial charge in [0.1, 0.15) is 0 Å². The van der Waals surface area contributed by atoms with Crippen LogP contribution in [0.15, 0.2) is 66.8 Å². The summed E-state index contributed by atoms with van der Waals surface area (Å²) in [6.07, 6.45) is 13.3. The molecule has 0 amide bonds. The first-order chi connectivity index (χ1) is 8.12. The van der Waals surface area contributed by atoms with Crippen molar-refractivity contribution >= 4 is 0 Å². The second kappa shape index (κ2) is 4.37. The molecule has 0 aliphatic heterocycles. The van der Waals surface area contributed by atoms with Crippen molar-refractivity contribution in [1.29, 1.82) is 0 Å². The minimum atomic E-state index is 0.0233. The first-order valence-electron chi connectivity index (χ1n) is 6.19. The van der Waals surface area contributed by atoms with E-state index in [9.17, 15) is 0 Å². The first-order valence-corrected chi connectivity index (χ1v) is 6.19. The van der Waals surface area contributed by atoms with Crippen LogP contribution in [0.4, 0.5) is 0 Å². The van der Waals surface area contributed by atoms with Crippen molar-refractivity contribution in [3.63, 3.8) is 0 Å². The highest BCUT2D eigenvalue weighted by atomic mass is 14.4. The van der Waals surface area contributed by atoms with Gasteiger partial charge in [-0.1, -0.05) is 80.6 Å². The van der Waals surface area contributed by atoms with E-state index < -0.39 is 0 Å². The van der Waals surface area contributed by atoms with E-state index >= 15 is 0 Å². The number of rotatable bonds is 2. The number of hydrogen-bond donors (Lipinski definition) is 0. The van der Waals surface area contributed by atoms with Crippen LogP contribution < -0.4 is 0 Å². The van der Waals surface area contributed by atoms with E-state index in [1.165, 1.54) is 5.56 Å². The predicted molar refractivity (Wildman–Crippen MR) is 75.0 cm³/mol. The Hall–Kier alpha value is -1.56. The normalized spacial score (nSPS) is 32.2. The van der Waals surface area contributed by atoms with Gasteiger partial charge in [0.2, 0.25) is 0 Å². The van der Waals surface area contributed by atoms with Gasteiger partial charge in [-0.15, -0.1) is 0 Å². The Balaban J connectivity index is 2.55. The molecule has 0 bridgehead atoms. The van der Waals surface area contributed by atoms with Gasteiger partial charge in [0, 0.05) is 10.8 Å². The maximum atomic E-state index is 2.31. The number of hydrogen-bond acceptors (Lipinski definition) is 0. The fraction of sp³-hybridized carbons (Fsp3) is 0.294. The molecule has 1 aromatic rings. The Bertz CT molecular complexity index is 464. The summed E-state index contributed by atoms with van der Waals surface area (Å²) in [5.74, 6) is 0. The van der Waals surface area contributed by atoms with Crippen molar-refractivity contribution in [3.05, 3.63) is 72.4 Å². The first kappa shape index (κ1) is 11.9. The van der Waals surface area contributed by atoms with Crippen molar-refractivity contribution in [2.75, 3.05) is 0 Å². The lowest BCUT2D eigenvalue weighted by molar-refractivity contribution is 0.346. The number of allylic oxidation sites excluding steroid dienone is 6. The molecule has 0 saturated heterocycles. The molecule has 1 aromatic carbocycles. The summed E-state index contributed by atoms with van der Waals surface area (Å²) in [5.41, 5.74) is 1.43. The highest BCUT2D eigenvalue weighted by Gasteiger charge is 2.41. The molecule has 2 rings (SSSR count). The molecule has 0 heteroatoms. The average Bonchev–Trinajstić information content (AvgIpc) is 2.35. The Morgan fingerprint density at radius 1 is 0.941 bits per heavy atom. The van der Waals surface area contributed by atoms with Crippen molar-refractivity contribution < 1.29 is 0 Å². The van der Waals surface area contributed by atoms with Crippen molar-refractivity contribution in [2.24, 2.45) is 5.41 Å². The summed E-state index contributed by atoms with van der Waals surface area (Å²) in [6.45, 7) is 6.69. The molecule has 1 aliphatic carbocycles. The molecule has 0 saturated carbocycles. The summed E-state index contributed by atoms with van der Waals surface area (Å²) in [5, 5.41) is 0. The molecule has 0 radical (unpaired) electrons. The van der Waals surface area contributed by atoms with E-state index in [0.717, 1.165) is 0 Å². The quantitative estimate of drug-likeness (QED) is 0.641. The zero-order valence-electron chi connectivity index (χ0n) is 10.9. The fourth-order valence-corrected chi connectivity index (χ4v) is 2.62. The topological polar surface area (TPSA) is 0 Å². The third-order valence-corrected chi connectivity index (χ3v) is 3.99. The Morgan fingerprint density at radius 3 is 2.24 bits per heavy atom. The van der Waals surface area contributed by atoms with E-state index in [-0.39, 0.29) is 10.8 Å². The van der Waals surface area contributed by atoms with Gasteiger partial charge in [0.25, 0.3) is 0 Å². The Labute approximate surface area is 104 Å². The maximum absolute atomic E-state index is 2.31. The highest BCUT2D eigenvalue weighted by Crippen LogP contribution is 2.47.